The molecule has 0 fully saturated rings. The summed E-state index contributed by atoms with van der Waals surface area (Å²) in [6.07, 6.45) is 1.44. The van der Waals surface area contributed by atoms with Crippen molar-refractivity contribution in [3.8, 4) is 0 Å². The zero-order valence-corrected chi connectivity index (χ0v) is 13.2. The predicted molar refractivity (Wildman–Crippen MR) is 74.0 cm³/mol. The van der Waals surface area contributed by atoms with Gasteiger partial charge >= 0.3 is 49.8 Å². The van der Waals surface area contributed by atoms with E-state index in [2.05, 4.69) is 39.0 Å². The molecular formula is C6H16I2N4Pd-4. The van der Waals surface area contributed by atoms with E-state index >= 15 is 0 Å². The average Bonchev–Trinajstić information content (AvgIpc) is 2.09. The molecule has 13 heavy (non-hydrogen) atoms. The molecule has 0 amide bonds. The molecule has 0 aromatic rings. The fourth-order valence-electron chi connectivity index (χ4n) is 0.177. The molecule has 4 nitrogen and oxygen atoms in total. The number of nitrogens with one attached hydrogen (secondary N) is 4. The van der Waals surface area contributed by atoms with Crippen LogP contribution >= 0.6 is 39.0 Å². The van der Waals surface area contributed by atoms with Crippen molar-refractivity contribution in [3.63, 3.8) is 0 Å². The van der Waals surface area contributed by atoms with Gasteiger partial charge in [0.15, 0.2) is 0 Å². The van der Waals surface area contributed by atoms with Crippen LogP contribution in [0.2, 0.25) is 0 Å². The van der Waals surface area contributed by atoms with Crippen molar-refractivity contribution in [3.05, 3.63) is 22.9 Å². The van der Waals surface area contributed by atoms with Gasteiger partial charge in [0.1, 0.15) is 0 Å². The molecule has 0 unspecified atom stereocenters. The van der Waals surface area contributed by atoms with E-state index in [0.29, 0.717) is 26.2 Å². The molecule has 0 bridgehead atoms. The molecule has 0 aromatic heterocycles. The molecule has 7 heteroatoms. The standard InChI is InChI=1S/2C3H8N2.2HI.Pd/c2*4-2-1-3-5;;;/h2*4-5H,1-3H2;2*1H;/q2*-2;;;+2/p-2. The van der Waals surface area contributed by atoms with Gasteiger partial charge in [-0.25, -0.2) is 0 Å². The van der Waals surface area contributed by atoms with E-state index in [4.69, 9.17) is 22.9 Å². The SMILES string of the molecule is [I][Pd][I].[NH-]CCC[NH-].[NH-]CCC[NH-]. The number of rotatable bonds is 4. The van der Waals surface area contributed by atoms with Gasteiger partial charge in [0.2, 0.25) is 0 Å². The van der Waals surface area contributed by atoms with E-state index in [1.54, 1.807) is 0 Å². The van der Waals surface area contributed by atoms with Gasteiger partial charge < -0.3 is 22.9 Å². The van der Waals surface area contributed by atoms with E-state index in [1.807, 2.05) is 0 Å². The minimum atomic E-state index is 0.406. The molecule has 0 spiro atoms. The second-order valence-electron chi connectivity index (χ2n) is 1.75. The van der Waals surface area contributed by atoms with E-state index in [-0.39, 0.29) is 0 Å². The molecule has 0 heterocycles. The Labute approximate surface area is 110 Å². The van der Waals surface area contributed by atoms with Gasteiger partial charge in [0.25, 0.3) is 0 Å². The van der Waals surface area contributed by atoms with Gasteiger partial charge in [-0.3, -0.25) is 0 Å². The van der Waals surface area contributed by atoms with E-state index < -0.39 is 0 Å². The van der Waals surface area contributed by atoms with Crippen molar-refractivity contribution >= 4 is 39.0 Å². The summed E-state index contributed by atoms with van der Waals surface area (Å²) < 4.78 is 0. The second-order valence-corrected chi connectivity index (χ2v) is 13.7. The van der Waals surface area contributed by atoms with Crippen LogP contribution in [0, 0.1) is 0 Å². The fraction of sp³-hybridized carbons (Fsp3) is 1.00. The first-order valence-electron chi connectivity index (χ1n) is 3.65. The zero-order chi connectivity index (χ0) is 10.9. The van der Waals surface area contributed by atoms with Crippen molar-refractivity contribution in [1.82, 2.24) is 0 Å². The van der Waals surface area contributed by atoms with Crippen molar-refractivity contribution in [1.29, 1.82) is 0 Å². The van der Waals surface area contributed by atoms with Gasteiger partial charge in [-0.15, -0.1) is 0 Å². The third-order valence-corrected chi connectivity index (χ3v) is 0.707. The van der Waals surface area contributed by atoms with Crippen LogP contribution in [0.25, 0.3) is 22.9 Å². The molecule has 0 aliphatic heterocycles. The van der Waals surface area contributed by atoms with Crippen LogP contribution in [0.15, 0.2) is 0 Å². The summed E-state index contributed by atoms with van der Waals surface area (Å²) in [5, 5.41) is 0. The summed E-state index contributed by atoms with van der Waals surface area (Å²) in [4.78, 5) is 0. The van der Waals surface area contributed by atoms with Crippen LogP contribution in [-0.4, -0.2) is 26.2 Å². The third kappa shape index (κ3) is 56.2. The predicted octanol–water partition coefficient (Wildman–Crippen LogP) is 4.73. The largest absolute Gasteiger partial charge is 0.677 e. The summed E-state index contributed by atoms with van der Waals surface area (Å²) in [6, 6.07) is 0. The number of halogens is 2. The van der Waals surface area contributed by atoms with Gasteiger partial charge in [-0.2, -0.15) is 26.2 Å². The zero-order valence-electron chi connectivity index (χ0n) is 7.31. The molecule has 0 radical (unpaired) electrons. The molecular weight excluding hydrogens is 488 g/mol. The Morgan fingerprint density at radius 1 is 0.692 bits per heavy atom. The summed E-state index contributed by atoms with van der Waals surface area (Å²) in [7, 11) is 0.890. The van der Waals surface area contributed by atoms with Crippen LogP contribution in [-0.2, 0) is 10.8 Å². The number of hydrogen-bond donors (Lipinski definition) is 0. The quantitative estimate of drug-likeness (QED) is 0.391. The Bertz CT molecular complexity index is 51.9. The Morgan fingerprint density at radius 2 is 0.846 bits per heavy atom. The summed E-state index contributed by atoms with van der Waals surface area (Å²) in [5.41, 5.74) is 25.9. The normalized spacial score (nSPS) is 8.15. The van der Waals surface area contributed by atoms with Crippen LogP contribution in [0.3, 0.4) is 0 Å². The Hall–Kier alpha value is 1.96. The fourth-order valence-corrected chi connectivity index (χ4v) is 0.177. The van der Waals surface area contributed by atoms with Crippen molar-refractivity contribution in [2.45, 2.75) is 12.8 Å². The van der Waals surface area contributed by atoms with E-state index in [0.717, 1.165) is 23.6 Å². The first-order valence-corrected chi connectivity index (χ1v) is 12.9. The molecule has 4 N–H and O–H groups in total. The van der Waals surface area contributed by atoms with Crippen LogP contribution in [0.4, 0.5) is 0 Å². The molecule has 0 saturated carbocycles. The van der Waals surface area contributed by atoms with E-state index in [1.165, 1.54) is 0 Å². The van der Waals surface area contributed by atoms with Gasteiger partial charge in [0.05, 0.1) is 0 Å². The molecule has 0 saturated heterocycles. The molecule has 0 atom stereocenters. The van der Waals surface area contributed by atoms with Gasteiger partial charge in [-0.1, -0.05) is 12.8 Å². The average molecular weight is 504 g/mol. The maximum atomic E-state index is 6.48. The molecule has 88 valence electrons. The monoisotopic (exact) mass is 504 g/mol. The van der Waals surface area contributed by atoms with Crippen LogP contribution < -0.4 is 0 Å². The maximum Gasteiger partial charge on any atom is -0.0916 e. The molecule has 0 aliphatic carbocycles. The van der Waals surface area contributed by atoms with Crippen LogP contribution in [0.5, 0.6) is 0 Å². The topological polar surface area (TPSA) is 95.2 Å². The second kappa shape index (κ2) is 29.2. The first kappa shape index (κ1) is 20.4. The minimum absolute atomic E-state index is 0.406. The third-order valence-electron chi connectivity index (χ3n) is 0.707. The summed E-state index contributed by atoms with van der Waals surface area (Å²) in [5.74, 6) is 0. The first-order chi connectivity index (χ1) is 6.24. The summed E-state index contributed by atoms with van der Waals surface area (Å²) >= 11 is 4.65. The van der Waals surface area contributed by atoms with Crippen molar-refractivity contribution in [2.24, 2.45) is 0 Å². The Kier molecular flexibility index (Phi) is 45.8. The van der Waals surface area contributed by atoms with Crippen molar-refractivity contribution < 1.29 is 10.8 Å². The maximum absolute atomic E-state index is 6.48. The van der Waals surface area contributed by atoms with Crippen LogP contribution in [0.1, 0.15) is 12.8 Å². The smallest absolute Gasteiger partial charge is 0.0916 e. The minimum Gasteiger partial charge on any atom is -0.677 e. The Balaban J connectivity index is -0.000000120. The molecule has 0 rings (SSSR count). The molecule has 0 aliphatic rings. The van der Waals surface area contributed by atoms with Crippen molar-refractivity contribution in [2.75, 3.05) is 26.2 Å². The Morgan fingerprint density at radius 3 is 0.846 bits per heavy atom. The number of hydrogen-bond acceptors (Lipinski definition) is 0. The van der Waals surface area contributed by atoms with Gasteiger partial charge in [-0.05, 0) is 0 Å². The molecule has 0 aromatic carbocycles. The van der Waals surface area contributed by atoms with Gasteiger partial charge in [0, 0.05) is 0 Å². The van der Waals surface area contributed by atoms with E-state index in [9.17, 15) is 0 Å². The summed E-state index contributed by atoms with van der Waals surface area (Å²) in [6.45, 7) is 1.62.